The van der Waals surface area contributed by atoms with Gasteiger partial charge in [-0.1, -0.05) is 0 Å². The van der Waals surface area contributed by atoms with Crippen LogP contribution in [0.2, 0.25) is 0 Å². The summed E-state index contributed by atoms with van der Waals surface area (Å²) in [6, 6.07) is -1.03. The predicted molar refractivity (Wildman–Crippen MR) is 74.2 cm³/mol. The molecule has 0 bridgehead atoms. The summed E-state index contributed by atoms with van der Waals surface area (Å²) in [6.07, 6.45) is 0.547. The Morgan fingerprint density at radius 3 is 2.67 bits per heavy atom. The van der Waals surface area contributed by atoms with E-state index in [4.69, 9.17) is 9.84 Å². The van der Waals surface area contributed by atoms with Crippen molar-refractivity contribution in [2.24, 2.45) is 0 Å². The maximum absolute atomic E-state index is 12.4. The zero-order valence-corrected chi connectivity index (χ0v) is 13.1. The summed E-state index contributed by atoms with van der Waals surface area (Å²) in [5, 5.41) is 8.86. The van der Waals surface area contributed by atoms with Crippen molar-refractivity contribution in [1.29, 1.82) is 0 Å². The molecule has 1 N–H and O–H groups in total. The summed E-state index contributed by atoms with van der Waals surface area (Å²) in [4.78, 5) is 10.9. The van der Waals surface area contributed by atoms with Crippen molar-refractivity contribution in [2.45, 2.75) is 31.4 Å². The number of ether oxygens (including phenoxy) is 1. The second-order valence-corrected chi connectivity index (χ2v) is 9.59. The molecular formula is C11H19NO7S2. The summed E-state index contributed by atoms with van der Waals surface area (Å²) < 4.78 is 54.4. The highest BCUT2D eigenvalue weighted by atomic mass is 32.2. The second-order valence-electron chi connectivity index (χ2n) is 5.39. The Morgan fingerprint density at radius 1 is 1.38 bits per heavy atom. The predicted octanol–water partition coefficient (Wildman–Crippen LogP) is -0.931. The van der Waals surface area contributed by atoms with Crippen LogP contribution in [0.15, 0.2) is 0 Å². The molecule has 0 aliphatic carbocycles. The van der Waals surface area contributed by atoms with E-state index in [1.807, 2.05) is 0 Å². The van der Waals surface area contributed by atoms with Crippen molar-refractivity contribution < 1.29 is 31.5 Å². The summed E-state index contributed by atoms with van der Waals surface area (Å²) in [6.45, 7) is 0.336. The van der Waals surface area contributed by atoms with Crippen LogP contribution in [-0.2, 0) is 29.4 Å². The summed E-state index contributed by atoms with van der Waals surface area (Å²) in [5.41, 5.74) is 0. The third-order valence-electron chi connectivity index (χ3n) is 3.66. The van der Waals surface area contributed by atoms with E-state index in [1.54, 1.807) is 0 Å². The molecule has 0 aromatic rings. The van der Waals surface area contributed by atoms with Crippen LogP contribution in [0.5, 0.6) is 0 Å². The number of rotatable bonds is 5. The van der Waals surface area contributed by atoms with E-state index < -0.39 is 44.0 Å². The van der Waals surface area contributed by atoms with Crippen molar-refractivity contribution >= 4 is 25.8 Å². The first kappa shape index (κ1) is 16.7. The first-order valence-electron chi connectivity index (χ1n) is 6.73. The number of aliphatic carboxylic acids is 1. The Morgan fingerprint density at radius 2 is 2.10 bits per heavy atom. The van der Waals surface area contributed by atoms with Gasteiger partial charge in [0.1, 0.15) is 0 Å². The molecule has 0 amide bonds. The third-order valence-corrected chi connectivity index (χ3v) is 7.35. The van der Waals surface area contributed by atoms with Crippen LogP contribution in [0.25, 0.3) is 0 Å². The Bertz CT molecular complexity index is 592. The number of hydrogen-bond acceptors (Lipinski definition) is 6. The Labute approximate surface area is 124 Å². The van der Waals surface area contributed by atoms with Gasteiger partial charge in [0, 0.05) is 19.2 Å². The minimum atomic E-state index is -3.73. The molecule has 21 heavy (non-hydrogen) atoms. The maximum atomic E-state index is 12.4. The fourth-order valence-electron chi connectivity index (χ4n) is 2.71. The van der Waals surface area contributed by atoms with E-state index in [-0.39, 0.29) is 24.2 Å². The lowest BCUT2D eigenvalue weighted by atomic mass is 10.2. The lowest BCUT2D eigenvalue weighted by molar-refractivity contribution is -0.137. The number of carboxylic acids is 1. The minimum Gasteiger partial charge on any atom is -0.481 e. The second kappa shape index (κ2) is 6.19. The van der Waals surface area contributed by atoms with E-state index in [0.717, 1.165) is 10.7 Å². The van der Waals surface area contributed by atoms with E-state index in [0.29, 0.717) is 13.0 Å². The standard InChI is InChI=1S/C11H19NO7S2/c13-11(14)6-9-7-20(15,16)5-3-12(9)21(17,18)8-10-2-1-4-19-10/h9-10H,1-8H2,(H,13,14). The molecule has 2 rings (SSSR count). The van der Waals surface area contributed by atoms with Crippen molar-refractivity contribution in [2.75, 3.05) is 30.4 Å². The Balaban J connectivity index is 2.15. The molecule has 2 saturated heterocycles. The first-order valence-corrected chi connectivity index (χ1v) is 10.2. The van der Waals surface area contributed by atoms with Gasteiger partial charge in [0.05, 0.1) is 29.8 Å². The molecule has 2 aliphatic heterocycles. The van der Waals surface area contributed by atoms with E-state index in [9.17, 15) is 21.6 Å². The summed E-state index contributed by atoms with van der Waals surface area (Å²) in [5.74, 6) is -2.14. The highest BCUT2D eigenvalue weighted by Crippen LogP contribution is 2.22. The van der Waals surface area contributed by atoms with Gasteiger partial charge in [0.25, 0.3) is 0 Å². The molecule has 2 aliphatic rings. The largest absolute Gasteiger partial charge is 0.481 e. The number of hydrogen-bond donors (Lipinski definition) is 1. The zero-order chi connectivity index (χ0) is 15.7. The SMILES string of the molecule is O=C(O)CC1CS(=O)(=O)CCN1S(=O)(=O)CC1CCCO1. The Hall–Kier alpha value is -0.710. The van der Waals surface area contributed by atoms with E-state index >= 15 is 0 Å². The number of carbonyl (C=O) groups is 1. The van der Waals surface area contributed by atoms with Crippen molar-refractivity contribution in [1.82, 2.24) is 4.31 Å². The molecule has 8 nitrogen and oxygen atoms in total. The lowest BCUT2D eigenvalue weighted by Gasteiger charge is -2.34. The van der Waals surface area contributed by atoms with E-state index in [2.05, 4.69) is 0 Å². The fourth-order valence-corrected chi connectivity index (χ4v) is 6.34. The van der Waals surface area contributed by atoms with Crippen LogP contribution in [0.4, 0.5) is 0 Å². The molecule has 2 heterocycles. The van der Waals surface area contributed by atoms with Crippen molar-refractivity contribution in [3.05, 3.63) is 0 Å². The normalized spacial score (nSPS) is 30.3. The maximum Gasteiger partial charge on any atom is 0.305 e. The summed E-state index contributed by atoms with van der Waals surface area (Å²) in [7, 11) is -7.13. The van der Waals surface area contributed by atoms with Gasteiger partial charge in [0.2, 0.25) is 10.0 Å². The van der Waals surface area contributed by atoms with Crippen LogP contribution in [0.3, 0.4) is 0 Å². The zero-order valence-electron chi connectivity index (χ0n) is 11.5. The smallest absolute Gasteiger partial charge is 0.305 e. The van der Waals surface area contributed by atoms with Gasteiger partial charge < -0.3 is 9.84 Å². The van der Waals surface area contributed by atoms with Crippen LogP contribution in [0.1, 0.15) is 19.3 Å². The number of sulfonamides is 1. The van der Waals surface area contributed by atoms with E-state index in [1.165, 1.54) is 0 Å². The van der Waals surface area contributed by atoms with Crippen LogP contribution < -0.4 is 0 Å². The van der Waals surface area contributed by atoms with Crippen molar-refractivity contribution in [3.8, 4) is 0 Å². The molecule has 0 saturated carbocycles. The van der Waals surface area contributed by atoms with Gasteiger partial charge in [-0.05, 0) is 12.8 Å². The van der Waals surface area contributed by atoms with Crippen LogP contribution >= 0.6 is 0 Å². The monoisotopic (exact) mass is 341 g/mol. The third kappa shape index (κ3) is 4.38. The Kier molecular flexibility index (Phi) is 4.91. The van der Waals surface area contributed by atoms with Gasteiger partial charge in [-0.3, -0.25) is 4.79 Å². The van der Waals surface area contributed by atoms with Crippen molar-refractivity contribution in [3.63, 3.8) is 0 Å². The van der Waals surface area contributed by atoms with Gasteiger partial charge in [-0.2, -0.15) is 4.31 Å². The number of nitrogens with zero attached hydrogens (tertiary/aromatic N) is 1. The topological polar surface area (TPSA) is 118 Å². The molecule has 0 spiro atoms. The summed E-state index contributed by atoms with van der Waals surface area (Å²) >= 11 is 0. The molecule has 0 aromatic carbocycles. The van der Waals surface area contributed by atoms with Gasteiger partial charge in [-0.15, -0.1) is 0 Å². The first-order chi connectivity index (χ1) is 9.70. The van der Waals surface area contributed by atoms with Gasteiger partial charge >= 0.3 is 5.97 Å². The molecule has 2 atom stereocenters. The molecular weight excluding hydrogens is 322 g/mol. The fraction of sp³-hybridized carbons (Fsp3) is 0.909. The molecule has 0 radical (unpaired) electrons. The highest BCUT2D eigenvalue weighted by molar-refractivity contribution is 7.92. The highest BCUT2D eigenvalue weighted by Gasteiger charge is 2.40. The molecule has 122 valence electrons. The minimum absolute atomic E-state index is 0.185. The molecule has 2 fully saturated rings. The van der Waals surface area contributed by atoms with Crippen LogP contribution in [0, 0.1) is 0 Å². The van der Waals surface area contributed by atoms with Gasteiger partial charge in [-0.25, -0.2) is 16.8 Å². The van der Waals surface area contributed by atoms with Crippen LogP contribution in [-0.4, -0.2) is 74.8 Å². The quantitative estimate of drug-likeness (QED) is 0.686. The molecule has 2 unspecified atom stereocenters. The number of sulfone groups is 1. The molecule has 10 heteroatoms. The number of carboxylic acid groups (broad SMARTS) is 1. The van der Waals surface area contributed by atoms with Gasteiger partial charge in [0.15, 0.2) is 9.84 Å². The molecule has 0 aromatic heterocycles. The average molecular weight is 341 g/mol. The average Bonchev–Trinajstić information content (AvgIpc) is 2.78. The lowest BCUT2D eigenvalue weighted by Crippen LogP contribution is -2.53.